The normalized spacial score (nSPS) is 23.6. The van der Waals surface area contributed by atoms with Crippen LogP contribution < -0.4 is 10.6 Å². The first-order valence-electron chi connectivity index (χ1n) is 8.96. The number of nitrogens with zero attached hydrogens (tertiary/aromatic N) is 1. The van der Waals surface area contributed by atoms with Crippen molar-refractivity contribution in [2.24, 2.45) is 0 Å². The molecule has 0 saturated carbocycles. The lowest BCUT2D eigenvalue weighted by Gasteiger charge is -2.30. The van der Waals surface area contributed by atoms with Gasteiger partial charge >= 0.3 is 6.09 Å². The third kappa shape index (κ3) is 6.51. The minimum Gasteiger partial charge on any atom is -0.444 e. The van der Waals surface area contributed by atoms with Gasteiger partial charge in [0, 0.05) is 31.7 Å². The van der Waals surface area contributed by atoms with Crippen LogP contribution >= 0.6 is 0 Å². The number of hydrogen-bond donors (Lipinski definition) is 2. The molecule has 2 heterocycles. The molecule has 2 N–H and O–H groups in total. The maximum Gasteiger partial charge on any atom is 0.410 e. The second-order valence-electron chi connectivity index (χ2n) is 7.85. The third-order valence-corrected chi connectivity index (χ3v) is 4.43. The minimum atomic E-state index is -0.424. The van der Waals surface area contributed by atoms with Crippen molar-refractivity contribution in [2.75, 3.05) is 26.2 Å². The van der Waals surface area contributed by atoms with Gasteiger partial charge in [0.1, 0.15) is 5.60 Å². The van der Waals surface area contributed by atoms with E-state index in [4.69, 9.17) is 4.74 Å². The van der Waals surface area contributed by atoms with Crippen LogP contribution in [-0.2, 0) is 4.74 Å². The number of ether oxygens (including phenoxy) is 1. The molecular formula is C18H33N3O2. The number of carbonyl (C=O) groups excluding carboxylic acids is 1. The molecule has 2 unspecified atom stereocenters. The smallest absolute Gasteiger partial charge is 0.410 e. The molecule has 2 aliphatic heterocycles. The van der Waals surface area contributed by atoms with Crippen molar-refractivity contribution in [2.45, 2.75) is 71.1 Å². The fourth-order valence-electron chi connectivity index (χ4n) is 3.14. The van der Waals surface area contributed by atoms with Gasteiger partial charge in [0.15, 0.2) is 0 Å². The average molecular weight is 323 g/mol. The summed E-state index contributed by atoms with van der Waals surface area (Å²) in [7, 11) is 0. The van der Waals surface area contributed by atoms with Crippen LogP contribution in [0.1, 0.15) is 53.4 Å². The van der Waals surface area contributed by atoms with Crippen molar-refractivity contribution in [3.8, 4) is 0 Å². The summed E-state index contributed by atoms with van der Waals surface area (Å²) in [4.78, 5) is 13.8. The highest BCUT2D eigenvalue weighted by Gasteiger charge is 2.23. The number of rotatable bonds is 5. The fraction of sp³-hybridized carbons (Fsp3) is 0.833. The number of carbonyl (C=O) groups is 1. The summed E-state index contributed by atoms with van der Waals surface area (Å²) >= 11 is 0. The van der Waals surface area contributed by atoms with Gasteiger partial charge in [-0.15, -0.1) is 0 Å². The van der Waals surface area contributed by atoms with Crippen LogP contribution in [0.5, 0.6) is 0 Å². The number of nitrogens with one attached hydrogen (secondary N) is 2. The molecule has 0 aliphatic carbocycles. The molecule has 0 aromatic heterocycles. The Kier molecular flexibility index (Phi) is 6.48. The lowest BCUT2D eigenvalue weighted by molar-refractivity contribution is 0.0265. The summed E-state index contributed by atoms with van der Waals surface area (Å²) in [5.41, 5.74) is 0.975. The molecule has 23 heavy (non-hydrogen) atoms. The first-order chi connectivity index (χ1) is 10.8. The Balaban J connectivity index is 1.68. The molecule has 1 fully saturated rings. The Labute approximate surface area is 140 Å². The van der Waals surface area contributed by atoms with Crippen LogP contribution in [-0.4, -0.2) is 54.9 Å². The van der Waals surface area contributed by atoms with Crippen molar-refractivity contribution in [3.63, 3.8) is 0 Å². The SMILES string of the molecule is CC(CC1CCCN1)NCC1=CCN(C(=O)OC(C)(C)C)CC1. The van der Waals surface area contributed by atoms with Crippen molar-refractivity contribution in [3.05, 3.63) is 11.6 Å². The monoisotopic (exact) mass is 323 g/mol. The van der Waals surface area contributed by atoms with Crippen molar-refractivity contribution < 1.29 is 9.53 Å². The van der Waals surface area contributed by atoms with E-state index >= 15 is 0 Å². The molecule has 0 aromatic rings. The molecule has 1 saturated heterocycles. The largest absolute Gasteiger partial charge is 0.444 e. The first-order valence-corrected chi connectivity index (χ1v) is 8.96. The topological polar surface area (TPSA) is 53.6 Å². The van der Waals surface area contributed by atoms with Crippen LogP contribution in [0.25, 0.3) is 0 Å². The summed E-state index contributed by atoms with van der Waals surface area (Å²) in [6.07, 6.45) is 6.70. The van der Waals surface area contributed by atoms with Gasteiger partial charge in [-0.2, -0.15) is 0 Å². The molecule has 5 nitrogen and oxygen atoms in total. The van der Waals surface area contributed by atoms with Gasteiger partial charge in [0.25, 0.3) is 0 Å². The highest BCUT2D eigenvalue weighted by atomic mass is 16.6. The van der Waals surface area contributed by atoms with Gasteiger partial charge in [0.2, 0.25) is 0 Å². The Morgan fingerprint density at radius 2 is 2.30 bits per heavy atom. The summed E-state index contributed by atoms with van der Waals surface area (Å²) in [6.45, 7) is 11.5. The Morgan fingerprint density at radius 1 is 1.52 bits per heavy atom. The van der Waals surface area contributed by atoms with Crippen LogP contribution in [0.3, 0.4) is 0 Å². The van der Waals surface area contributed by atoms with Crippen molar-refractivity contribution >= 4 is 6.09 Å². The standard InChI is InChI=1S/C18H33N3O2/c1-14(12-16-6-5-9-19-16)20-13-15-7-10-21(11-8-15)17(22)23-18(2,3)4/h7,14,16,19-20H,5-6,8-13H2,1-4H3. The second kappa shape index (κ2) is 8.15. The molecule has 2 aliphatic rings. The summed E-state index contributed by atoms with van der Waals surface area (Å²) in [6, 6.07) is 1.20. The predicted molar refractivity (Wildman–Crippen MR) is 93.6 cm³/mol. The molecule has 0 spiro atoms. The van der Waals surface area contributed by atoms with E-state index in [1.54, 1.807) is 4.90 Å². The van der Waals surface area contributed by atoms with Gasteiger partial charge in [-0.1, -0.05) is 11.6 Å². The number of amides is 1. The van der Waals surface area contributed by atoms with Gasteiger partial charge in [0.05, 0.1) is 0 Å². The molecular weight excluding hydrogens is 290 g/mol. The van der Waals surface area contributed by atoms with E-state index in [1.807, 2.05) is 20.8 Å². The van der Waals surface area contributed by atoms with E-state index in [2.05, 4.69) is 23.6 Å². The highest BCUT2D eigenvalue weighted by molar-refractivity contribution is 5.68. The maximum absolute atomic E-state index is 12.0. The van der Waals surface area contributed by atoms with Crippen LogP contribution in [0, 0.1) is 0 Å². The summed E-state index contributed by atoms with van der Waals surface area (Å²) in [5.74, 6) is 0. The maximum atomic E-state index is 12.0. The average Bonchev–Trinajstić information content (AvgIpc) is 2.97. The van der Waals surface area contributed by atoms with E-state index in [1.165, 1.54) is 31.4 Å². The number of hydrogen-bond acceptors (Lipinski definition) is 4. The summed E-state index contributed by atoms with van der Waals surface area (Å²) in [5, 5.41) is 7.17. The Hall–Kier alpha value is -1.07. The lowest BCUT2D eigenvalue weighted by Crippen LogP contribution is -2.40. The van der Waals surface area contributed by atoms with Gasteiger partial charge in [-0.25, -0.2) is 4.79 Å². The predicted octanol–water partition coefficient (Wildman–Crippen LogP) is 2.67. The van der Waals surface area contributed by atoms with E-state index < -0.39 is 5.60 Å². The lowest BCUT2D eigenvalue weighted by atomic mass is 10.0. The molecule has 132 valence electrons. The molecule has 5 heteroatoms. The Morgan fingerprint density at radius 3 is 2.87 bits per heavy atom. The van der Waals surface area contributed by atoms with E-state index in [0.717, 1.165) is 19.5 Å². The molecule has 2 rings (SSSR count). The Bertz CT molecular complexity index is 422. The van der Waals surface area contributed by atoms with Gasteiger partial charge < -0.3 is 20.3 Å². The first kappa shape index (κ1) is 18.3. The van der Waals surface area contributed by atoms with Crippen LogP contribution in [0.15, 0.2) is 11.6 Å². The third-order valence-electron chi connectivity index (χ3n) is 4.43. The summed E-state index contributed by atoms with van der Waals surface area (Å²) < 4.78 is 5.42. The quantitative estimate of drug-likeness (QED) is 0.764. The molecule has 2 atom stereocenters. The zero-order valence-corrected chi connectivity index (χ0v) is 15.2. The van der Waals surface area contributed by atoms with E-state index in [0.29, 0.717) is 18.6 Å². The highest BCUT2D eigenvalue weighted by Crippen LogP contribution is 2.16. The van der Waals surface area contributed by atoms with Crippen molar-refractivity contribution in [1.29, 1.82) is 0 Å². The molecule has 0 aromatic carbocycles. The van der Waals surface area contributed by atoms with Gasteiger partial charge in [-0.05, 0) is 59.9 Å². The van der Waals surface area contributed by atoms with Gasteiger partial charge in [-0.3, -0.25) is 0 Å². The van der Waals surface area contributed by atoms with Crippen LogP contribution in [0.2, 0.25) is 0 Å². The van der Waals surface area contributed by atoms with E-state index in [-0.39, 0.29) is 6.09 Å². The van der Waals surface area contributed by atoms with E-state index in [9.17, 15) is 4.79 Å². The molecule has 1 amide bonds. The van der Waals surface area contributed by atoms with Crippen molar-refractivity contribution in [1.82, 2.24) is 15.5 Å². The fourth-order valence-corrected chi connectivity index (χ4v) is 3.14. The zero-order chi connectivity index (χ0) is 16.9. The second-order valence-corrected chi connectivity index (χ2v) is 7.85. The molecule has 0 radical (unpaired) electrons. The zero-order valence-electron chi connectivity index (χ0n) is 15.2. The van der Waals surface area contributed by atoms with Crippen LogP contribution in [0.4, 0.5) is 4.79 Å². The minimum absolute atomic E-state index is 0.207. The molecule has 0 bridgehead atoms.